The SMILES string of the molecule is CC(C)NCC(=O)Nc1cccc(NC(=O)c2ccco2)c1. The lowest BCUT2D eigenvalue weighted by atomic mass is 10.2. The molecule has 0 aliphatic carbocycles. The number of furan rings is 1. The Labute approximate surface area is 128 Å². The molecular weight excluding hydrogens is 282 g/mol. The van der Waals surface area contributed by atoms with E-state index in [9.17, 15) is 9.59 Å². The van der Waals surface area contributed by atoms with Crippen molar-refractivity contribution < 1.29 is 14.0 Å². The minimum absolute atomic E-state index is 0.136. The van der Waals surface area contributed by atoms with Gasteiger partial charge in [0, 0.05) is 17.4 Å². The van der Waals surface area contributed by atoms with Crippen LogP contribution in [-0.2, 0) is 4.79 Å². The lowest BCUT2D eigenvalue weighted by Crippen LogP contribution is -2.32. The molecule has 1 heterocycles. The topological polar surface area (TPSA) is 83.4 Å². The minimum atomic E-state index is -0.338. The second-order valence-corrected chi connectivity index (χ2v) is 5.10. The van der Waals surface area contributed by atoms with Gasteiger partial charge in [-0.1, -0.05) is 19.9 Å². The fourth-order valence-corrected chi connectivity index (χ4v) is 1.78. The first-order valence-corrected chi connectivity index (χ1v) is 7.03. The van der Waals surface area contributed by atoms with Crippen LogP contribution in [0.3, 0.4) is 0 Å². The number of hydrogen-bond donors (Lipinski definition) is 3. The minimum Gasteiger partial charge on any atom is -0.459 e. The van der Waals surface area contributed by atoms with E-state index in [1.54, 1.807) is 36.4 Å². The zero-order chi connectivity index (χ0) is 15.9. The largest absolute Gasteiger partial charge is 0.459 e. The molecule has 0 saturated heterocycles. The van der Waals surface area contributed by atoms with Gasteiger partial charge in [0.05, 0.1) is 12.8 Å². The Balaban J connectivity index is 1.95. The first kappa shape index (κ1) is 15.8. The number of carbonyl (C=O) groups excluding carboxylic acids is 2. The van der Waals surface area contributed by atoms with E-state index in [0.717, 1.165) is 0 Å². The van der Waals surface area contributed by atoms with Crippen molar-refractivity contribution in [2.24, 2.45) is 0 Å². The molecule has 116 valence electrons. The van der Waals surface area contributed by atoms with Gasteiger partial charge in [0.15, 0.2) is 5.76 Å². The number of nitrogens with one attached hydrogen (secondary N) is 3. The Hall–Kier alpha value is -2.60. The van der Waals surface area contributed by atoms with Gasteiger partial charge in [-0.2, -0.15) is 0 Å². The number of amides is 2. The first-order valence-electron chi connectivity index (χ1n) is 7.03. The van der Waals surface area contributed by atoms with E-state index >= 15 is 0 Å². The van der Waals surface area contributed by atoms with Crippen molar-refractivity contribution in [1.29, 1.82) is 0 Å². The summed E-state index contributed by atoms with van der Waals surface area (Å²) in [5, 5.41) is 8.51. The number of benzene rings is 1. The van der Waals surface area contributed by atoms with E-state index in [1.165, 1.54) is 6.26 Å². The van der Waals surface area contributed by atoms with Crippen LogP contribution < -0.4 is 16.0 Å². The summed E-state index contributed by atoms with van der Waals surface area (Å²) in [6.07, 6.45) is 1.44. The second-order valence-electron chi connectivity index (χ2n) is 5.10. The average Bonchev–Trinajstić information content (AvgIpc) is 3.00. The van der Waals surface area contributed by atoms with Crippen molar-refractivity contribution in [1.82, 2.24) is 5.32 Å². The van der Waals surface area contributed by atoms with Crippen LogP contribution in [0.2, 0.25) is 0 Å². The van der Waals surface area contributed by atoms with Gasteiger partial charge in [-0.25, -0.2) is 0 Å². The van der Waals surface area contributed by atoms with Gasteiger partial charge in [-0.05, 0) is 30.3 Å². The van der Waals surface area contributed by atoms with Crippen molar-refractivity contribution in [3.63, 3.8) is 0 Å². The quantitative estimate of drug-likeness (QED) is 0.765. The number of anilines is 2. The molecule has 22 heavy (non-hydrogen) atoms. The van der Waals surface area contributed by atoms with Gasteiger partial charge in [0.25, 0.3) is 5.91 Å². The van der Waals surface area contributed by atoms with Crippen LogP contribution >= 0.6 is 0 Å². The van der Waals surface area contributed by atoms with Crippen LogP contribution in [0.1, 0.15) is 24.4 Å². The number of carbonyl (C=O) groups is 2. The van der Waals surface area contributed by atoms with Crippen LogP contribution in [0.15, 0.2) is 47.1 Å². The van der Waals surface area contributed by atoms with Gasteiger partial charge >= 0.3 is 0 Å². The molecule has 1 aromatic heterocycles. The van der Waals surface area contributed by atoms with E-state index in [2.05, 4.69) is 16.0 Å². The van der Waals surface area contributed by atoms with Crippen molar-refractivity contribution in [2.45, 2.75) is 19.9 Å². The summed E-state index contributed by atoms with van der Waals surface area (Å²) in [7, 11) is 0. The molecule has 0 unspecified atom stereocenters. The third kappa shape index (κ3) is 4.75. The molecule has 2 amide bonds. The Morgan fingerprint density at radius 2 is 1.82 bits per heavy atom. The Kier molecular flexibility index (Phi) is 5.32. The molecule has 0 aliphatic heterocycles. The molecule has 1 aromatic carbocycles. The van der Waals surface area contributed by atoms with Crippen LogP contribution in [-0.4, -0.2) is 24.4 Å². The fourth-order valence-electron chi connectivity index (χ4n) is 1.78. The molecule has 0 saturated carbocycles. The normalized spacial score (nSPS) is 10.5. The van der Waals surface area contributed by atoms with Crippen LogP contribution in [0.25, 0.3) is 0 Å². The van der Waals surface area contributed by atoms with Gasteiger partial charge in [0.2, 0.25) is 5.91 Å². The summed E-state index contributed by atoms with van der Waals surface area (Å²) in [6, 6.07) is 10.4. The highest BCUT2D eigenvalue weighted by Crippen LogP contribution is 2.16. The summed E-state index contributed by atoms with van der Waals surface area (Å²) in [5.74, 6) is -0.242. The molecule has 2 aromatic rings. The summed E-state index contributed by atoms with van der Waals surface area (Å²) in [5.41, 5.74) is 1.20. The van der Waals surface area contributed by atoms with Crippen molar-refractivity contribution in [2.75, 3.05) is 17.2 Å². The van der Waals surface area contributed by atoms with Gasteiger partial charge in [-0.15, -0.1) is 0 Å². The highest BCUT2D eigenvalue weighted by molar-refractivity contribution is 6.02. The zero-order valence-electron chi connectivity index (χ0n) is 12.6. The van der Waals surface area contributed by atoms with E-state index in [0.29, 0.717) is 11.4 Å². The molecule has 2 rings (SSSR count). The van der Waals surface area contributed by atoms with Gasteiger partial charge in [0.1, 0.15) is 0 Å². The summed E-state index contributed by atoms with van der Waals surface area (Å²) >= 11 is 0. The van der Waals surface area contributed by atoms with E-state index in [4.69, 9.17) is 4.42 Å². The third-order valence-electron chi connectivity index (χ3n) is 2.82. The van der Waals surface area contributed by atoms with Crippen molar-refractivity contribution in [3.8, 4) is 0 Å². The summed E-state index contributed by atoms with van der Waals surface area (Å²) < 4.78 is 5.03. The molecule has 0 aliphatic rings. The molecule has 3 N–H and O–H groups in total. The third-order valence-corrected chi connectivity index (χ3v) is 2.82. The molecule has 0 fully saturated rings. The first-order chi connectivity index (χ1) is 10.5. The molecule has 6 heteroatoms. The van der Waals surface area contributed by atoms with Gasteiger partial charge in [-0.3, -0.25) is 9.59 Å². The Morgan fingerprint density at radius 1 is 1.09 bits per heavy atom. The molecule has 6 nitrogen and oxygen atoms in total. The Bertz CT molecular complexity index is 636. The average molecular weight is 301 g/mol. The fraction of sp³-hybridized carbons (Fsp3) is 0.250. The Morgan fingerprint density at radius 3 is 2.45 bits per heavy atom. The standard InChI is InChI=1S/C16H19N3O3/c1-11(2)17-10-15(20)18-12-5-3-6-13(9-12)19-16(21)14-7-4-8-22-14/h3-9,11,17H,10H2,1-2H3,(H,18,20)(H,19,21). The van der Waals surface area contributed by atoms with E-state index < -0.39 is 0 Å². The van der Waals surface area contributed by atoms with E-state index in [1.807, 2.05) is 13.8 Å². The lowest BCUT2D eigenvalue weighted by molar-refractivity contribution is -0.115. The molecule has 0 atom stereocenters. The summed E-state index contributed by atoms with van der Waals surface area (Å²) in [4.78, 5) is 23.6. The summed E-state index contributed by atoms with van der Waals surface area (Å²) in [6.45, 7) is 4.18. The second kappa shape index (κ2) is 7.42. The molecular formula is C16H19N3O3. The maximum absolute atomic E-state index is 11.9. The maximum Gasteiger partial charge on any atom is 0.291 e. The predicted octanol–water partition coefficient (Wildman–Crippen LogP) is 2.47. The van der Waals surface area contributed by atoms with Crippen molar-refractivity contribution >= 4 is 23.2 Å². The molecule has 0 bridgehead atoms. The molecule has 0 radical (unpaired) electrons. The predicted molar refractivity (Wildman–Crippen MR) is 84.9 cm³/mol. The monoisotopic (exact) mass is 301 g/mol. The smallest absolute Gasteiger partial charge is 0.291 e. The van der Waals surface area contributed by atoms with E-state index in [-0.39, 0.29) is 30.2 Å². The van der Waals surface area contributed by atoms with Gasteiger partial charge < -0.3 is 20.4 Å². The number of rotatable bonds is 6. The lowest BCUT2D eigenvalue weighted by Gasteiger charge is -2.10. The highest BCUT2D eigenvalue weighted by Gasteiger charge is 2.09. The molecule has 0 spiro atoms. The van der Waals surface area contributed by atoms with Crippen LogP contribution in [0.5, 0.6) is 0 Å². The number of hydrogen-bond acceptors (Lipinski definition) is 4. The highest BCUT2D eigenvalue weighted by atomic mass is 16.3. The van der Waals surface area contributed by atoms with Crippen LogP contribution in [0.4, 0.5) is 11.4 Å². The van der Waals surface area contributed by atoms with Crippen LogP contribution in [0, 0.1) is 0 Å². The zero-order valence-corrected chi connectivity index (χ0v) is 12.6. The van der Waals surface area contributed by atoms with Crippen molar-refractivity contribution in [3.05, 3.63) is 48.4 Å². The maximum atomic E-state index is 11.9.